The smallest absolute Gasteiger partial charge is 0.152 e. The molecule has 1 N–H and O–H groups in total. The van der Waals surface area contributed by atoms with E-state index in [2.05, 4.69) is 47.5 Å². The molecule has 2 saturated heterocycles. The number of H-pyrrole nitrogens is 1. The van der Waals surface area contributed by atoms with Gasteiger partial charge in [0, 0.05) is 29.7 Å². The molecule has 5 rings (SSSR count). The number of hydrogen-bond acceptors (Lipinski definition) is 4. The number of likely N-dealkylation sites (tertiary alicyclic amines) is 2. The van der Waals surface area contributed by atoms with E-state index in [9.17, 15) is 4.55 Å². The van der Waals surface area contributed by atoms with Crippen LogP contribution in [0.25, 0.3) is 22.4 Å². The van der Waals surface area contributed by atoms with Crippen LogP contribution in [0.15, 0.2) is 41.3 Å². The fraction of sp³-hybridized carbons (Fsp3) is 0.567. The van der Waals surface area contributed by atoms with Crippen molar-refractivity contribution in [1.29, 1.82) is 0 Å². The standard InChI is InChI=1S/C30H41FN4OS/c1-6-23-18-24(17-20(4)35(23)19(2)3)34-15-13-21(14-16-34)26-11-12-27-29(28(26)31)33-30(32-27)22-7-9-25(10-8-22)37(5)36/h7-12,19-21,23-24H,6,13-18H2,1-5H3,(H,32,33). The Balaban J connectivity index is 1.28. The van der Waals surface area contributed by atoms with Crippen LogP contribution in [0.4, 0.5) is 4.39 Å². The minimum absolute atomic E-state index is 0.161. The summed E-state index contributed by atoms with van der Waals surface area (Å²) < 4.78 is 27.4. The van der Waals surface area contributed by atoms with Crippen LogP contribution in [0.1, 0.15) is 71.3 Å². The second-order valence-corrected chi connectivity index (χ2v) is 12.7. The molecule has 0 spiro atoms. The molecule has 2 fully saturated rings. The number of rotatable bonds is 6. The van der Waals surface area contributed by atoms with Crippen molar-refractivity contribution in [1.82, 2.24) is 19.8 Å². The molecule has 0 saturated carbocycles. The lowest BCUT2D eigenvalue weighted by Crippen LogP contribution is -2.56. The summed E-state index contributed by atoms with van der Waals surface area (Å²) in [5.74, 6) is 0.717. The maximum absolute atomic E-state index is 15.7. The molecular formula is C30H41FN4OS. The third-order valence-corrected chi connectivity index (χ3v) is 9.66. The van der Waals surface area contributed by atoms with Crippen LogP contribution in [-0.2, 0) is 11.2 Å². The van der Waals surface area contributed by atoms with Gasteiger partial charge in [0.2, 0.25) is 0 Å². The summed E-state index contributed by atoms with van der Waals surface area (Å²) in [6.07, 6.45) is 7.33. The van der Waals surface area contributed by atoms with E-state index in [1.165, 1.54) is 19.3 Å². The summed E-state index contributed by atoms with van der Waals surface area (Å²) in [6.45, 7) is 11.4. The number of aromatic nitrogens is 2. The van der Waals surface area contributed by atoms with Crippen LogP contribution in [0.5, 0.6) is 0 Å². The fourth-order valence-electron chi connectivity index (χ4n) is 6.91. The molecule has 1 aromatic heterocycles. The Morgan fingerprint density at radius 3 is 2.43 bits per heavy atom. The molecular weight excluding hydrogens is 483 g/mol. The number of halogens is 1. The molecule has 200 valence electrons. The first-order valence-corrected chi connectivity index (χ1v) is 15.5. The van der Waals surface area contributed by atoms with Crippen LogP contribution in [0.2, 0.25) is 0 Å². The Labute approximate surface area is 224 Å². The van der Waals surface area contributed by atoms with E-state index in [4.69, 9.17) is 0 Å². The molecule has 2 aromatic carbocycles. The normalized spacial score (nSPS) is 25.2. The lowest BCUT2D eigenvalue weighted by atomic mass is 9.84. The zero-order valence-corrected chi connectivity index (χ0v) is 23.7. The van der Waals surface area contributed by atoms with E-state index >= 15 is 4.39 Å². The quantitative estimate of drug-likeness (QED) is 0.383. The van der Waals surface area contributed by atoms with Gasteiger partial charge >= 0.3 is 0 Å². The monoisotopic (exact) mass is 524 g/mol. The molecule has 4 atom stereocenters. The van der Waals surface area contributed by atoms with Crippen molar-refractivity contribution >= 4 is 22.2 Å². The van der Waals surface area contributed by atoms with Crippen LogP contribution in [0.3, 0.4) is 0 Å². The number of fused-ring (bicyclic) bond motifs is 1. The zero-order chi connectivity index (χ0) is 26.3. The number of imidazole rings is 1. The molecule has 7 heteroatoms. The molecule has 3 heterocycles. The van der Waals surface area contributed by atoms with E-state index < -0.39 is 11.2 Å². The second kappa shape index (κ2) is 11.0. The number of benzene rings is 2. The van der Waals surface area contributed by atoms with E-state index in [0.29, 0.717) is 41.0 Å². The third-order valence-electron chi connectivity index (χ3n) is 8.73. The highest BCUT2D eigenvalue weighted by Crippen LogP contribution is 2.37. The highest BCUT2D eigenvalue weighted by atomic mass is 32.2. The Kier molecular flexibility index (Phi) is 7.96. The zero-order valence-electron chi connectivity index (χ0n) is 22.8. The molecule has 5 nitrogen and oxygen atoms in total. The molecule has 0 amide bonds. The minimum atomic E-state index is -1.03. The van der Waals surface area contributed by atoms with Gasteiger partial charge in [-0.3, -0.25) is 4.90 Å². The predicted molar refractivity (Wildman–Crippen MR) is 151 cm³/mol. The van der Waals surface area contributed by atoms with Crippen molar-refractivity contribution in [3.05, 3.63) is 47.8 Å². The Bertz CT molecular complexity index is 1200. The molecule has 4 unspecified atom stereocenters. The average molecular weight is 525 g/mol. The average Bonchev–Trinajstić information content (AvgIpc) is 3.34. The number of aromatic amines is 1. The molecule has 2 aliphatic heterocycles. The fourth-order valence-corrected chi connectivity index (χ4v) is 7.43. The van der Waals surface area contributed by atoms with Gasteiger partial charge in [-0.05, 0) is 119 Å². The predicted octanol–water partition coefficient (Wildman–Crippen LogP) is 6.33. The highest BCUT2D eigenvalue weighted by molar-refractivity contribution is 7.90. The van der Waals surface area contributed by atoms with E-state index in [-0.39, 0.29) is 11.7 Å². The van der Waals surface area contributed by atoms with E-state index in [1.54, 1.807) is 6.26 Å². The van der Waals surface area contributed by atoms with Crippen LogP contribution in [0, 0.1) is 5.82 Å². The number of piperidine rings is 2. The van der Waals surface area contributed by atoms with Crippen molar-refractivity contribution in [3.63, 3.8) is 0 Å². The molecule has 0 bridgehead atoms. The lowest BCUT2D eigenvalue weighted by molar-refractivity contribution is -0.000247. The summed E-state index contributed by atoms with van der Waals surface area (Å²) in [6, 6.07) is 13.8. The van der Waals surface area contributed by atoms with Gasteiger partial charge in [0.1, 0.15) is 17.6 Å². The van der Waals surface area contributed by atoms with E-state index in [1.807, 2.05) is 36.4 Å². The summed E-state index contributed by atoms with van der Waals surface area (Å²) >= 11 is -1.03. The van der Waals surface area contributed by atoms with Gasteiger partial charge in [-0.1, -0.05) is 13.0 Å². The van der Waals surface area contributed by atoms with Gasteiger partial charge in [-0.15, -0.1) is 0 Å². The van der Waals surface area contributed by atoms with Crippen LogP contribution in [-0.4, -0.2) is 67.8 Å². The van der Waals surface area contributed by atoms with Gasteiger partial charge in [0.05, 0.1) is 5.52 Å². The number of nitrogens with one attached hydrogen (secondary N) is 1. The molecule has 0 aliphatic carbocycles. The molecule has 3 aromatic rings. The van der Waals surface area contributed by atoms with Gasteiger partial charge in [-0.25, -0.2) is 9.37 Å². The highest BCUT2D eigenvalue weighted by Gasteiger charge is 2.37. The first-order valence-electron chi connectivity index (χ1n) is 13.9. The maximum atomic E-state index is 15.7. The van der Waals surface area contributed by atoms with Gasteiger partial charge in [0.25, 0.3) is 0 Å². The lowest BCUT2D eigenvalue weighted by Gasteiger charge is -2.50. The van der Waals surface area contributed by atoms with Crippen molar-refractivity contribution < 1.29 is 8.94 Å². The van der Waals surface area contributed by atoms with Gasteiger partial charge in [0.15, 0.2) is 10.7 Å². The first-order chi connectivity index (χ1) is 17.8. The third kappa shape index (κ3) is 5.33. The number of hydrogen-bond donors (Lipinski definition) is 1. The van der Waals surface area contributed by atoms with Crippen LogP contribution < -0.4 is 0 Å². The summed E-state index contributed by atoms with van der Waals surface area (Å²) in [5.41, 5.74) is 2.81. The Hall–Kier alpha value is -1.93. The minimum Gasteiger partial charge on any atom is -0.612 e. The molecule has 37 heavy (non-hydrogen) atoms. The van der Waals surface area contributed by atoms with Gasteiger partial charge < -0.3 is 14.4 Å². The van der Waals surface area contributed by atoms with Crippen molar-refractivity contribution in [3.8, 4) is 11.4 Å². The summed E-state index contributed by atoms with van der Waals surface area (Å²) in [4.78, 5) is 14.0. The Morgan fingerprint density at radius 2 is 1.81 bits per heavy atom. The SMILES string of the molecule is CCC1CC(N2CCC(c3ccc4nc(-c5ccc([S+](C)[O-])cc5)[nH]c4c3F)CC2)CC(C)N1C(C)C. The molecule has 2 aliphatic rings. The second-order valence-electron chi connectivity index (χ2n) is 11.3. The summed E-state index contributed by atoms with van der Waals surface area (Å²) in [7, 11) is 0. The van der Waals surface area contributed by atoms with Gasteiger partial charge in [-0.2, -0.15) is 0 Å². The largest absolute Gasteiger partial charge is 0.612 e. The van der Waals surface area contributed by atoms with Crippen molar-refractivity contribution in [2.75, 3.05) is 19.3 Å². The first kappa shape index (κ1) is 26.7. The van der Waals surface area contributed by atoms with Crippen LogP contribution >= 0.6 is 0 Å². The number of nitrogens with zero attached hydrogens (tertiary/aromatic N) is 3. The maximum Gasteiger partial charge on any atom is 0.152 e. The van der Waals surface area contributed by atoms with E-state index in [0.717, 1.165) is 42.0 Å². The van der Waals surface area contributed by atoms with Crippen molar-refractivity contribution in [2.24, 2.45) is 0 Å². The topological polar surface area (TPSA) is 58.2 Å². The molecule has 0 radical (unpaired) electrons. The Morgan fingerprint density at radius 1 is 1.11 bits per heavy atom. The van der Waals surface area contributed by atoms with Crippen molar-refractivity contribution in [2.45, 2.75) is 94.8 Å². The summed E-state index contributed by atoms with van der Waals surface area (Å²) in [5, 5.41) is 0.